The second-order valence-corrected chi connectivity index (χ2v) is 9.88. The smallest absolute Gasteiger partial charge is 0.164 e. The first kappa shape index (κ1) is 25.7. The fraction of sp³-hybridized carbons (Fsp3) is 0.188. The molecule has 0 saturated heterocycles. The van der Waals surface area contributed by atoms with Gasteiger partial charge in [-0.25, -0.2) is 9.97 Å². The Bertz CT molecular complexity index is 1730. The van der Waals surface area contributed by atoms with Crippen molar-refractivity contribution in [3.63, 3.8) is 0 Å². The predicted molar refractivity (Wildman–Crippen MR) is 148 cm³/mol. The molecule has 4 aromatic rings. The number of hydrogen-bond acceptors (Lipinski definition) is 7. The van der Waals surface area contributed by atoms with E-state index in [1.165, 1.54) is 11.3 Å². The van der Waals surface area contributed by atoms with Gasteiger partial charge in [-0.15, -0.1) is 11.3 Å². The van der Waals surface area contributed by atoms with Crippen LogP contribution in [0.25, 0.3) is 0 Å². The summed E-state index contributed by atoms with van der Waals surface area (Å²) in [4.78, 5) is 37.2. The molecule has 0 fully saturated rings. The maximum Gasteiger partial charge on any atom is 0.164 e. The van der Waals surface area contributed by atoms with Crippen molar-refractivity contribution in [2.75, 3.05) is 0 Å². The lowest BCUT2D eigenvalue weighted by molar-refractivity contribution is 0.0963. The number of aryl methyl sites for hydroxylation is 2. The van der Waals surface area contributed by atoms with Gasteiger partial charge in [0.15, 0.2) is 11.6 Å². The minimum Gasteiger partial charge on any atom is -0.294 e. The van der Waals surface area contributed by atoms with E-state index in [2.05, 4.69) is 44.7 Å². The van der Waals surface area contributed by atoms with Crippen LogP contribution in [-0.4, -0.2) is 26.5 Å². The van der Waals surface area contributed by atoms with Crippen LogP contribution in [0.15, 0.2) is 60.2 Å². The number of hydrogen-bond donors (Lipinski definition) is 0. The van der Waals surface area contributed by atoms with Crippen LogP contribution in [0, 0.1) is 35.0 Å². The summed E-state index contributed by atoms with van der Waals surface area (Å²) in [6.45, 7) is 0. The Morgan fingerprint density at radius 2 is 1.33 bits per heavy atom. The molecule has 3 aromatic heterocycles. The molecule has 0 bridgehead atoms. The van der Waals surface area contributed by atoms with Gasteiger partial charge in [0.05, 0.1) is 39.6 Å². The van der Waals surface area contributed by atoms with Crippen molar-refractivity contribution < 1.29 is 9.59 Å². The molecule has 2 aliphatic rings. The molecule has 0 radical (unpaired) electrons. The Hall–Kier alpha value is -4.90. The van der Waals surface area contributed by atoms with Crippen LogP contribution in [-0.2, 0) is 12.8 Å². The molecule has 6 nitrogen and oxygen atoms in total. The second kappa shape index (κ2) is 12.1. The van der Waals surface area contributed by atoms with Crippen molar-refractivity contribution in [1.29, 1.82) is 5.26 Å². The fourth-order valence-corrected chi connectivity index (χ4v) is 4.81. The molecule has 0 unspecified atom stereocenters. The van der Waals surface area contributed by atoms with Crippen LogP contribution >= 0.6 is 11.3 Å². The molecule has 1 aromatic carbocycles. The third-order valence-corrected chi connectivity index (χ3v) is 6.95. The third-order valence-electron chi connectivity index (χ3n) is 6.26. The zero-order chi connectivity index (χ0) is 27.0. The van der Waals surface area contributed by atoms with Gasteiger partial charge in [-0.3, -0.25) is 14.6 Å². The summed E-state index contributed by atoms with van der Waals surface area (Å²) >= 11 is 1.50. The van der Waals surface area contributed by atoms with Crippen LogP contribution in [0.2, 0.25) is 0 Å². The number of pyridine rings is 2. The van der Waals surface area contributed by atoms with E-state index in [1.54, 1.807) is 29.9 Å². The molecule has 3 heterocycles. The molecule has 0 aliphatic heterocycles. The highest BCUT2D eigenvalue weighted by atomic mass is 32.1. The van der Waals surface area contributed by atoms with Gasteiger partial charge in [0, 0.05) is 29.5 Å². The minimum absolute atomic E-state index is 0.171. The SMILES string of the molecule is N#Cc1cccc(C#Cc2ccc3c(n2)CCCC3=O)c1.O=C1CCCc2nc(C#Cc3cncs3)ccc21. The lowest BCUT2D eigenvalue weighted by atomic mass is 9.94. The van der Waals surface area contributed by atoms with E-state index in [9.17, 15) is 9.59 Å². The van der Waals surface area contributed by atoms with Gasteiger partial charge in [0.2, 0.25) is 0 Å². The molecule has 0 atom stereocenters. The Labute approximate surface area is 230 Å². The van der Waals surface area contributed by atoms with E-state index < -0.39 is 0 Å². The van der Waals surface area contributed by atoms with Crippen LogP contribution < -0.4 is 0 Å². The average molecular weight is 527 g/mol. The lowest BCUT2D eigenvalue weighted by Crippen LogP contribution is -2.12. The van der Waals surface area contributed by atoms with Gasteiger partial charge in [-0.05, 0) is 85.9 Å². The van der Waals surface area contributed by atoms with Gasteiger partial charge in [0.25, 0.3) is 0 Å². The summed E-state index contributed by atoms with van der Waals surface area (Å²) in [7, 11) is 0. The topological polar surface area (TPSA) is 96.6 Å². The summed E-state index contributed by atoms with van der Waals surface area (Å²) < 4.78 is 0. The first-order chi connectivity index (χ1) is 19.1. The van der Waals surface area contributed by atoms with Crippen LogP contribution in [0.4, 0.5) is 0 Å². The molecular formula is C32H22N4O2S. The number of aromatic nitrogens is 3. The Balaban J connectivity index is 0.000000160. The largest absolute Gasteiger partial charge is 0.294 e. The lowest BCUT2D eigenvalue weighted by Gasteiger charge is -2.12. The van der Waals surface area contributed by atoms with Crippen molar-refractivity contribution in [3.8, 4) is 29.8 Å². The van der Waals surface area contributed by atoms with Gasteiger partial charge in [0.1, 0.15) is 11.4 Å². The van der Waals surface area contributed by atoms with Crippen molar-refractivity contribution in [1.82, 2.24) is 15.0 Å². The number of benzene rings is 1. The number of ketones is 2. The van der Waals surface area contributed by atoms with Crippen molar-refractivity contribution in [3.05, 3.63) is 110 Å². The predicted octanol–water partition coefficient (Wildman–Crippen LogP) is 5.33. The highest BCUT2D eigenvalue weighted by molar-refractivity contribution is 7.10. The molecule has 0 amide bonds. The minimum atomic E-state index is 0.171. The number of Topliss-reactive ketones (excluding diaryl/α,β-unsaturated/α-hetero) is 2. The quantitative estimate of drug-likeness (QED) is 0.288. The molecule has 39 heavy (non-hydrogen) atoms. The Kier molecular flexibility index (Phi) is 7.98. The van der Waals surface area contributed by atoms with E-state index in [0.717, 1.165) is 64.3 Å². The fourth-order valence-electron chi connectivity index (χ4n) is 4.34. The van der Waals surface area contributed by atoms with Gasteiger partial charge < -0.3 is 0 Å². The van der Waals surface area contributed by atoms with Crippen molar-refractivity contribution in [2.45, 2.75) is 38.5 Å². The van der Waals surface area contributed by atoms with E-state index >= 15 is 0 Å². The van der Waals surface area contributed by atoms with E-state index in [4.69, 9.17) is 5.26 Å². The zero-order valence-corrected chi connectivity index (χ0v) is 21.8. The molecule has 188 valence electrons. The van der Waals surface area contributed by atoms with Crippen LogP contribution in [0.5, 0.6) is 0 Å². The summed E-state index contributed by atoms with van der Waals surface area (Å²) in [6.07, 6.45) is 6.45. The van der Waals surface area contributed by atoms with Crippen molar-refractivity contribution >= 4 is 22.9 Å². The highest BCUT2D eigenvalue weighted by Gasteiger charge is 2.19. The Morgan fingerprint density at radius 3 is 1.92 bits per heavy atom. The summed E-state index contributed by atoms with van der Waals surface area (Å²) in [6, 6.07) is 16.5. The molecule has 0 spiro atoms. The molecule has 0 saturated carbocycles. The van der Waals surface area contributed by atoms with Gasteiger partial charge in [-0.2, -0.15) is 5.26 Å². The number of nitrogens with zero attached hydrogens (tertiary/aromatic N) is 4. The number of carbonyl (C=O) groups excluding carboxylic acids is 2. The molecule has 7 heteroatoms. The number of rotatable bonds is 0. The summed E-state index contributed by atoms with van der Waals surface area (Å²) in [5, 5.41) is 8.86. The monoisotopic (exact) mass is 526 g/mol. The number of nitriles is 1. The number of fused-ring (bicyclic) bond motifs is 2. The maximum atomic E-state index is 11.7. The number of carbonyl (C=O) groups is 2. The average Bonchev–Trinajstić information content (AvgIpc) is 3.49. The van der Waals surface area contributed by atoms with Crippen LogP contribution in [0.3, 0.4) is 0 Å². The van der Waals surface area contributed by atoms with E-state index in [-0.39, 0.29) is 11.6 Å². The highest BCUT2D eigenvalue weighted by Crippen LogP contribution is 2.20. The summed E-state index contributed by atoms with van der Waals surface area (Å²) in [5.41, 5.74) is 7.75. The van der Waals surface area contributed by atoms with Crippen molar-refractivity contribution in [2.24, 2.45) is 0 Å². The molecule has 2 aliphatic carbocycles. The normalized spacial score (nSPS) is 13.2. The first-order valence-corrected chi connectivity index (χ1v) is 13.5. The number of thiazole rings is 1. The van der Waals surface area contributed by atoms with Crippen LogP contribution in [0.1, 0.15) is 85.2 Å². The molecule has 0 N–H and O–H groups in total. The standard InChI is InChI=1S/C18H12N2O.C14H10N2OS/c19-12-14-4-1-3-13(11-14)7-8-15-9-10-16-17(20-15)5-2-6-18(16)21;17-14-3-1-2-13-12(14)7-5-10(16-13)4-6-11-8-15-9-18-11/h1,3-4,9-11H,2,5-6H2;5,7-9H,1-3H2. The third kappa shape index (κ3) is 6.51. The second-order valence-electron chi connectivity index (χ2n) is 8.99. The molecule has 6 rings (SSSR count). The Morgan fingerprint density at radius 1 is 0.718 bits per heavy atom. The first-order valence-electron chi connectivity index (χ1n) is 12.6. The molecular weight excluding hydrogens is 504 g/mol. The zero-order valence-electron chi connectivity index (χ0n) is 21.0. The van der Waals surface area contributed by atoms with Gasteiger partial charge in [-0.1, -0.05) is 12.0 Å². The summed E-state index contributed by atoms with van der Waals surface area (Å²) in [5.74, 6) is 12.4. The van der Waals surface area contributed by atoms with E-state index in [1.807, 2.05) is 30.3 Å². The van der Waals surface area contributed by atoms with Gasteiger partial charge >= 0.3 is 0 Å². The maximum absolute atomic E-state index is 11.7. The van der Waals surface area contributed by atoms with E-state index in [0.29, 0.717) is 24.1 Å².